The molecule has 20 heavy (non-hydrogen) atoms. The normalized spacial score (nSPS) is 9.90. The number of nitrogens with one attached hydrogen (secondary N) is 1. The largest absolute Gasteiger partial charge is 0.494 e. The van der Waals surface area contributed by atoms with Crippen LogP contribution in [0.5, 0.6) is 5.75 Å². The Kier molecular flexibility index (Phi) is 6.36. The first-order valence-corrected chi connectivity index (χ1v) is 6.46. The summed E-state index contributed by atoms with van der Waals surface area (Å²) in [6.45, 7) is 2.28. The van der Waals surface area contributed by atoms with Gasteiger partial charge in [0.1, 0.15) is 5.56 Å². The summed E-state index contributed by atoms with van der Waals surface area (Å²) in [4.78, 5) is 23.3. The fourth-order valence-corrected chi connectivity index (χ4v) is 1.61. The number of hydrogen-bond donors (Lipinski definition) is 2. The van der Waals surface area contributed by atoms with E-state index in [1.165, 1.54) is 13.2 Å². The number of carbonyl (C=O) groups is 2. The first kappa shape index (κ1) is 15.8. The van der Waals surface area contributed by atoms with Gasteiger partial charge in [0.25, 0.3) is 5.91 Å². The first-order chi connectivity index (χ1) is 9.60. The van der Waals surface area contributed by atoms with Crippen molar-refractivity contribution in [3.05, 3.63) is 23.8 Å². The molecule has 1 aromatic carbocycles. The van der Waals surface area contributed by atoms with Crippen molar-refractivity contribution in [3.63, 3.8) is 0 Å². The second-order valence-corrected chi connectivity index (χ2v) is 4.21. The number of rotatable bonds is 7. The minimum absolute atomic E-state index is 0.203. The zero-order chi connectivity index (χ0) is 15.0. The van der Waals surface area contributed by atoms with Gasteiger partial charge in [-0.05, 0) is 18.6 Å². The van der Waals surface area contributed by atoms with E-state index >= 15 is 0 Å². The van der Waals surface area contributed by atoms with Crippen molar-refractivity contribution < 1.29 is 19.1 Å². The third-order valence-corrected chi connectivity index (χ3v) is 2.66. The van der Waals surface area contributed by atoms with E-state index in [9.17, 15) is 9.59 Å². The number of amides is 1. The SMILES string of the molecule is CCCCNC(=O)COC(=O)c1cccc(N)c1OC. The van der Waals surface area contributed by atoms with E-state index < -0.39 is 5.97 Å². The molecule has 0 spiro atoms. The molecule has 0 radical (unpaired) electrons. The van der Waals surface area contributed by atoms with Gasteiger partial charge in [0, 0.05) is 6.54 Å². The molecule has 0 atom stereocenters. The summed E-state index contributed by atoms with van der Waals surface area (Å²) in [6.07, 6.45) is 1.88. The summed E-state index contributed by atoms with van der Waals surface area (Å²) in [6, 6.07) is 4.77. The number of benzene rings is 1. The smallest absolute Gasteiger partial charge is 0.342 e. The third kappa shape index (κ3) is 4.46. The maximum atomic E-state index is 11.9. The van der Waals surface area contributed by atoms with Gasteiger partial charge in [-0.1, -0.05) is 19.4 Å². The van der Waals surface area contributed by atoms with Crippen molar-refractivity contribution in [3.8, 4) is 5.75 Å². The van der Waals surface area contributed by atoms with Gasteiger partial charge in [-0.3, -0.25) is 4.79 Å². The second kappa shape index (κ2) is 8.04. The van der Waals surface area contributed by atoms with Gasteiger partial charge in [0.2, 0.25) is 0 Å². The summed E-state index contributed by atoms with van der Waals surface area (Å²) < 4.78 is 9.99. The van der Waals surface area contributed by atoms with Crippen LogP contribution in [0.3, 0.4) is 0 Å². The molecule has 0 aliphatic carbocycles. The van der Waals surface area contributed by atoms with Crippen LogP contribution < -0.4 is 15.8 Å². The molecular formula is C14H20N2O4. The van der Waals surface area contributed by atoms with Crippen LogP contribution >= 0.6 is 0 Å². The Balaban J connectivity index is 2.55. The number of anilines is 1. The lowest BCUT2D eigenvalue weighted by Crippen LogP contribution is -2.29. The highest BCUT2D eigenvalue weighted by atomic mass is 16.5. The summed E-state index contributed by atoms with van der Waals surface area (Å²) >= 11 is 0. The number of nitrogen functional groups attached to an aromatic ring is 1. The average molecular weight is 280 g/mol. The Hall–Kier alpha value is -2.24. The molecule has 3 N–H and O–H groups in total. The molecule has 0 saturated heterocycles. The average Bonchev–Trinajstić information content (AvgIpc) is 2.44. The summed E-state index contributed by atoms with van der Waals surface area (Å²) in [5.74, 6) is -0.710. The minimum atomic E-state index is -0.639. The van der Waals surface area contributed by atoms with E-state index in [1.54, 1.807) is 12.1 Å². The minimum Gasteiger partial charge on any atom is -0.494 e. The van der Waals surface area contributed by atoms with Gasteiger partial charge < -0.3 is 20.5 Å². The van der Waals surface area contributed by atoms with Crippen LogP contribution in [0.1, 0.15) is 30.1 Å². The van der Waals surface area contributed by atoms with Crippen LogP contribution in [0.25, 0.3) is 0 Å². The van der Waals surface area contributed by atoms with Gasteiger partial charge in [0.15, 0.2) is 12.4 Å². The van der Waals surface area contributed by atoms with Crippen LogP contribution in [0.4, 0.5) is 5.69 Å². The molecule has 0 heterocycles. The molecule has 0 aliphatic rings. The maximum Gasteiger partial charge on any atom is 0.342 e. The molecule has 110 valence electrons. The number of unbranched alkanes of at least 4 members (excludes halogenated alkanes) is 1. The Morgan fingerprint density at radius 3 is 2.75 bits per heavy atom. The zero-order valence-electron chi connectivity index (χ0n) is 11.8. The van der Waals surface area contributed by atoms with Crippen molar-refractivity contribution in [2.45, 2.75) is 19.8 Å². The molecule has 0 unspecified atom stereocenters. The van der Waals surface area contributed by atoms with Gasteiger partial charge >= 0.3 is 5.97 Å². The Morgan fingerprint density at radius 2 is 2.10 bits per heavy atom. The molecule has 0 aromatic heterocycles. The van der Waals surface area contributed by atoms with Crippen LogP contribution in [-0.4, -0.2) is 32.1 Å². The quantitative estimate of drug-likeness (QED) is 0.447. The van der Waals surface area contributed by atoms with E-state index in [1.807, 2.05) is 6.92 Å². The molecule has 0 saturated carbocycles. The highest BCUT2D eigenvalue weighted by Crippen LogP contribution is 2.26. The lowest BCUT2D eigenvalue weighted by molar-refractivity contribution is -0.124. The van der Waals surface area contributed by atoms with Crippen molar-refractivity contribution >= 4 is 17.6 Å². The van der Waals surface area contributed by atoms with Gasteiger partial charge in [-0.15, -0.1) is 0 Å². The van der Waals surface area contributed by atoms with Crippen LogP contribution in [0.15, 0.2) is 18.2 Å². The highest BCUT2D eigenvalue weighted by Gasteiger charge is 2.16. The highest BCUT2D eigenvalue weighted by molar-refractivity contribution is 5.95. The molecular weight excluding hydrogens is 260 g/mol. The fourth-order valence-electron chi connectivity index (χ4n) is 1.61. The summed E-state index contributed by atoms with van der Waals surface area (Å²) in [7, 11) is 1.42. The molecule has 1 rings (SSSR count). The summed E-state index contributed by atoms with van der Waals surface area (Å²) in [5, 5.41) is 2.66. The molecule has 0 bridgehead atoms. The van der Waals surface area contributed by atoms with Crippen LogP contribution in [0, 0.1) is 0 Å². The topological polar surface area (TPSA) is 90.7 Å². The van der Waals surface area contributed by atoms with Crippen LogP contribution in [0.2, 0.25) is 0 Å². The van der Waals surface area contributed by atoms with E-state index in [-0.39, 0.29) is 23.8 Å². The number of nitrogens with two attached hydrogens (primary N) is 1. The fraction of sp³-hybridized carbons (Fsp3) is 0.429. The number of para-hydroxylation sites is 1. The number of methoxy groups -OCH3 is 1. The van der Waals surface area contributed by atoms with Gasteiger partial charge in [-0.25, -0.2) is 4.79 Å². The third-order valence-electron chi connectivity index (χ3n) is 2.66. The molecule has 1 amide bonds. The Morgan fingerprint density at radius 1 is 1.35 bits per heavy atom. The predicted molar refractivity (Wildman–Crippen MR) is 75.6 cm³/mol. The standard InChI is InChI=1S/C14H20N2O4/c1-3-4-8-16-12(17)9-20-14(18)10-6-5-7-11(15)13(10)19-2/h5-7H,3-4,8-9,15H2,1-2H3,(H,16,17). The van der Waals surface area contributed by atoms with E-state index in [0.29, 0.717) is 12.2 Å². The zero-order valence-corrected chi connectivity index (χ0v) is 11.8. The number of ether oxygens (including phenoxy) is 2. The first-order valence-electron chi connectivity index (χ1n) is 6.46. The number of esters is 1. The number of carbonyl (C=O) groups excluding carboxylic acids is 2. The lowest BCUT2D eigenvalue weighted by atomic mass is 10.2. The molecule has 6 heteroatoms. The van der Waals surface area contributed by atoms with Gasteiger partial charge in [0.05, 0.1) is 12.8 Å². The summed E-state index contributed by atoms with van der Waals surface area (Å²) in [5.41, 5.74) is 6.24. The monoisotopic (exact) mass is 280 g/mol. The molecule has 0 aliphatic heterocycles. The second-order valence-electron chi connectivity index (χ2n) is 4.21. The lowest BCUT2D eigenvalue weighted by Gasteiger charge is -2.10. The van der Waals surface area contributed by atoms with E-state index in [2.05, 4.69) is 5.32 Å². The molecule has 1 aromatic rings. The van der Waals surface area contributed by atoms with Crippen molar-refractivity contribution in [2.24, 2.45) is 0 Å². The molecule has 0 fully saturated rings. The predicted octanol–water partition coefficient (Wildman–Crippen LogP) is 1.35. The van der Waals surface area contributed by atoms with E-state index in [4.69, 9.17) is 15.2 Å². The van der Waals surface area contributed by atoms with E-state index in [0.717, 1.165) is 12.8 Å². The van der Waals surface area contributed by atoms with Crippen molar-refractivity contribution in [1.29, 1.82) is 0 Å². The number of hydrogen-bond acceptors (Lipinski definition) is 5. The van der Waals surface area contributed by atoms with Crippen molar-refractivity contribution in [2.75, 3.05) is 26.0 Å². The molecule has 6 nitrogen and oxygen atoms in total. The van der Waals surface area contributed by atoms with Crippen molar-refractivity contribution in [1.82, 2.24) is 5.32 Å². The Bertz CT molecular complexity index is 474. The van der Waals surface area contributed by atoms with Crippen LogP contribution in [-0.2, 0) is 9.53 Å². The maximum absolute atomic E-state index is 11.9. The van der Waals surface area contributed by atoms with Gasteiger partial charge in [-0.2, -0.15) is 0 Å². The Labute approximate surface area is 118 Å².